The van der Waals surface area contributed by atoms with Crippen molar-refractivity contribution in [3.8, 4) is 0 Å². The first-order valence-electron chi connectivity index (χ1n) is 5.78. The van der Waals surface area contributed by atoms with Crippen LogP contribution >= 0.6 is 12.4 Å². The first-order chi connectivity index (χ1) is 7.90. The van der Waals surface area contributed by atoms with Gasteiger partial charge >= 0.3 is 0 Å². The Bertz CT molecular complexity index is 401. The molecule has 3 atom stereocenters. The lowest BCUT2D eigenvalue weighted by atomic mass is 9.91. The highest BCUT2D eigenvalue weighted by molar-refractivity contribution is 5.85. The van der Waals surface area contributed by atoms with Gasteiger partial charge in [0.1, 0.15) is 0 Å². The summed E-state index contributed by atoms with van der Waals surface area (Å²) in [6.45, 7) is 5.22. The quantitative estimate of drug-likeness (QED) is 0.890. The van der Waals surface area contributed by atoms with E-state index >= 15 is 0 Å². The second-order valence-electron chi connectivity index (χ2n) is 4.50. The van der Waals surface area contributed by atoms with E-state index in [1.54, 1.807) is 0 Å². The molecule has 104 valence electrons. The van der Waals surface area contributed by atoms with Crippen LogP contribution in [0.5, 0.6) is 0 Å². The first-order valence-corrected chi connectivity index (χ1v) is 5.78. The van der Waals surface area contributed by atoms with Crippen molar-refractivity contribution in [3.63, 3.8) is 0 Å². The third kappa shape index (κ3) is 3.40. The van der Waals surface area contributed by atoms with Crippen molar-refractivity contribution >= 4 is 12.4 Å². The molecule has 0 saturated heterocycles. The van der Waals surface area contributed by atoms with Crippen LogP contribution in [0.2, 0.25) is 0 Å². The lowest BCUT2D eigenvalue weighted by Crippen LogP contribution is -2.32. The number of halogens is 3. The number of benzene rings is 1. The van der Waals surface area contributed by atoms with E-state index in [1.807, 2.05) is 13.8 Å². The van der Waals surface area contributed by atoms with E-state index in [-0.39, 0.29) is 29.5 Å². The summed E-state index contributed by atoms with van der Waals surface area (Å²) in [5, 5.41) is 9.91. The Hall–Kier alpha value is -0.710. The monoisotopic (exact) mass is 279 g/mol. The normalized spacial score (nSPS) is 15.7. The van der Waals surface area contributed by atoms with Gasteiger partial charge in [-0.3, -0.25) is 0 Å². The summed E-state index contributed by atoms with van der Waals surface area (Å²) in [4.78, 5) is 0. The number of aliphatic hydroxyl groups excluding tert-OH is 1. The molecule has 0 bridgehead atoms. The number of hydrogen-bond donors (Lipinski definition) is 2. The minimum absolute atomic E-state index is 0. The highest BCUT2D eigenvalue weighted by Crippen LogP contribution is 2.26. The van der Waals surface area contributed by atoms with Crippen molar-refractivity contribution in [1.29, 1.82) is 0 Å². The van der Waals surface area contributed by atoms with E-state index < -0.39 is 23.8 Å². The Morgan fingerprint density at radius 3 is 2.33 bits per heavy atom. The molecule has 0 radical (unpaired) electrons. The molecule has 1 aromatic carbocycles. The van der Waals surface area contributed by atoms with Gasteiger partial charge in [-0.2, -0.15) is 0 Å². The highest BCUT2D eigenvalue weighted by atomic mass is 35.5. The van der Waals surface area contributed by atoms with Crippen LogP contribution in [-0.4, -0.2) is 11.2 Å². The van der Waals surface area contributed by atoms with Crippen LogP contribution < -0.4 is 5.73 Å². The van der Waals surface area contributed by atoms with Gasteiger partial charge < -0.3 is 10.8 Å². The Kier molecular flexibility index (Phi) is 6.74. The van der Waals surface area contributed by atoms with E-state index in [9.17, 15) is 13.9 Å². The highest BCUT2D eigenvalue weighted by Gasteiger charge is 2.25. The maximum atomic E-state index is 13.7. The second kappa shape index (κ2) is 7.02. The SMILES string of the molecule is CCC(C)[C@H](O)[C@H](N)c1ccc(C)c(F)c1F.Cl. The van der Waals surface area contributed by atoms with E-state index in [0.29, 0.717) is 0 Å². The number of aryl methyl sites for hydroxylation is 1. The van der Waals surface area contributed by atoms with E-state index in [4.69, 9.17) is 5.73 Å². The maximum absolute atomic E-state index is 13.7. The molecule has 1 rings (SSSR count). The Balaban J connectivity index is 0.00000289. The Morgan fingerprint density at radius 2 is 1.83 bits per heavy atom. The molecule has 5 heteroatoms. The smallest absolute Gasteiger partial charge is 0.163 e. The third-order valence-corrected chi connectivity index (χ3v) is 3.26. The summed E-state index contributed by atoms with van der Waals surface area (Å²) in [6.07, 6.45) is -0.151. The van der Waals surface area contributed by atoms with Crippen LogP contribution in [0.25, 0.3) is 0 Å². The minimum atomic E-state index is -0.958. The zero-order valence-corrected chi connectivity index (χ0v) is 11.6. The first kappa shape index (κ1) is 17.3. The summed E-state index contributed by atoms with van der Waals surface area (Å²) < 4.78 is 27.1. The molecule has 0 heterocycles. The van der Waals surface area contributed by atoms with Gasteiger partial charge in [-0.05, 0) is 18.4 Å². The van der Waals surface area contributed by atoms with Crippen molar-refractivity contribution in [2.24, 2.45) is 11.7 Å². The topological polar surface area (TPSA) is 46.2 Å². The van der Waals surface area contributed by atoms with E-state index in [2.05, 4.69) is 0 Å². The van der Waals surface area contributed by atoms with Gasteiger partial charge in [0.25, 0.3) is 0 Å². The molecule has 0 aliphatic heterocycles. The maximum Gasteiger partial charge on any atom is 0.163 e. The predicted molar refractivity (Wildman–Crippen MR) is 70.7 cm³/mol. The fourth-order valence-corrected chi connectivity index (χ4v) is 1.70. The molecule has 0 fully saturated rings. The van der Waals surface area contributed by atoms with E-state index in [1.165, 1.54) is 19.1 Å². The molecule has 0 aliphatic rings. The Morgan fingerprint density at radius 1 is 1.28 bits per heavy atom. The molecule has 3 N–H and O–H groups in total. The molecule has 18 heavy (non-hydrogen) atoms. The van der Waals surface area contributed by atoms with Gasteiger partial charge in [0.15, 0.2) is 11.6 Å². The predicted octanol–water partition coefficient (Wildman–Crippen LogP) is 3.10. The van der Waals surface area contributed by atoms with Crippen LogP contribution in [0.4, 0.5) is 8.78 Å². The van der Waals surface area contributed by atoms with Crippen molar-refractivity contribution in [1.82, 2.24) is 0 Å². The zero-order valence-electron chi connectivity index (χ0n) is 10.8. The summed E-state index contributed by atoms with van der Waals surface area (Å²) in [5.74, 6) is -1.91. The molecule has 0 amide bonds. The van der Waals surface area contributed by atoms with Crippen LogP contribution in [0.1, 0.15) is 37.4 Å². The average Bonchev–Trinajstić information content (AvgIpc) is 2.33. The van der Waals surface area contributed by atoms with Crippen LogP contribution in [0.3, 0.4) is 0 Å². The van der Waals surface area contributed by atoms with Crippen LogP contribution in [0.15, 0.2) is 12.1 Å². The Labute approximate surface area is 113 Å². The lowest BCUT2D eigenvalue weighted by Gasteiger charge is -2.24. The molecule has 0 spiro atoms. The number of rotatable bonds is 4. The van der Waals surface area contributed by atoms with Crippen molar-refractivity contribution in [3.05, 3.63) is 34.9 Å². The van der Waals surface area contributed by atoms with Gasteiger partial charge in [0.2, 0.25) is 0 Å². The van der Waals surface area contributed by atoms with Gasteiger partial charge in [0, 0.05) is 5.56 Å². The fraction of sp³-hybridized carbons (Fsp3) is 0.538. The summed E-state index contributed by atoms with van der Waals surface area (Å²) >= 11 is 0. The molecule has 1 aromatic rings. The lowest BCUT2D eigenvalue weighted by molar-refractivity contribution is 0.0865. The third-order valence-electron chi connectivity index (χ3n) is 3.26. The van der Waals surface area contributed by atoms with Gasteiger partial charge in [-0.1, -0.05) is 32.4 Å². The average molecular weight is 280 g/mol. The van der Waals surface area contributed by atoms with Gasteiger partial charge in [0.05, 0.1) is 12.1 Å². The van der Waals surface area contributed by atoms with Crippen molar-refractivity contribution < 1.29 is 13.9 Å². The number of nitrogens with two attached hydrogens (primary N) is 1. The summed E-state index contributed by atoms with van der Waals surface area (Å²) in [5.41, 5.74) is 6.04. The molecule has 0 aliphatic carbocycles. The summed E-state index contributed by atoms with van der Waals surface area (Å²) in [6, 6.07) is 2.00. The number of hydrogen-bond acceptors (Lipinski definition) is 2. The van der Waals surface area contributed by atoms with Gasteiger partial charge in [-0.25, -0.2) is 8.78 Å². The standard InChI is InChI=1S/C13H19F2NO.ClH/c1-4-7(2)13(17)12(16)9-6-5-8(3)10(14)11(9)15;/h5-7,12-13,17H,4,16H2,1-3H3;1H/t7?,12-,13+;/m1./s1. The second-order valence-corrected chi connectivity index (χ2v) is 4.50. The molecule has 1 unspecified atom stereocenters. The van der Waals surface area contributed by atoms with Crippen molar-refractivity contribution in [2.75, 3.05) is 0 Å². The fourth-order valence-electron chi connectivity index (χ4n) is 1.70. The van der Waals surface area contributed by atoms with Gasteiger partial charge in [-0.15, -0.1) is 12.4 Å². The zero-order chi connectivity index (χ0) is 13.2. The largest absolute Gasteiger partial charge is 0.391 e. The summed E-state index contributed by atoms with van der Waals surface area (Å²) in [7, 11) is 0. The molecule has 2 nitrogen and oxygen atoms in total. The molecule has 0 saturated carbocycles. The molecular formula is C13H20ClF2NO. The van der Waals surface area contributed by atoms with Crippen LogP contribution in [0, 0.1) is 24.5 Å². The molecular weight excluding hydrogens is 260 g/mol. The molecule has 0 aromatic heterocycles. The van der Waals surface area contributed by atoms with E-state index in [0.717, 1.165) is 6.42 Å². The van der Waals surface area contributed by atoms with Crippen LogP contribution in [-0.2, 0) is 0 Å². The van der Waals surface area contributed by atoms with Crippen molar-refractivity contribution in [2.45, 2.75) is 39.3 Å². The number of aliphatic hydroxyl groups is 1. The minimum Gasteiger partial charge on any atom is -0.391 e.